The summed E-state index contributed by atoms with van der Waals surface area (Å²) in [6.45, 7) is 7.71. The Labute approximate surface area is 153 Å². The Morgan fingerprint density at radius 1 is 1.12 bits per heavy atom. The highest BCUT2D eigenvalue weighted by Gasteiger charge is 2.17. The summed E-state index contributed by atoms with van der Waals surface area (Å²) in [7, 11) is 4.00. The number of carbonyl (C=O) groups is 1. The Hall–Kier alpha value is -1.86. The molecule has 0 saturated heterocycles. The molecule has 0 unspecified atom stereocenters. The van der Waals surface area contributed by atoms with Gasteiger partial charge in [-0.25, -0.2) is 9.97 Å². The van der Waals surface area contributed by atoms with Gasteiger partial charge in [0.15, 0.2) is 5.16 Å². The monoisotopic (exact) mass is 362 g/mol. The van der Waals surface area contributed by atoms with Crippen LogP contribution in [0.25, 0.3) is 0 Å². The van der Waals surface area contributed by atoms with Gasteiger partial charge in [0.2, 0.25) is 5.91 Å². The number of nitrogens with zero attached hydrogens (tertiary/aromatic N) is 4. The van der Waals surface area contributed by atoms with E-state index < -0.39 is 0 Å². The van der Waals surface area contributed by atoms with Crippen LogP contribution >= 0.6 is 11.8 Å². The molecule has 25 heavy (non-hydrogen) atoms. The van der Waals surface area contributed by atoms with Gasteiger partial charge in [0.25, 0.3) is 0 Å². The van der Waals surface area contributed by atoms with Gasteiger partial charge in [-0.3, -0.25) is 4.79 Å². The van der Waals surface area contributed by atoms with Gasteiger partial charge in [-0.15, -0.1) is 0 Å². The lowest BCUT2D eigenvalue weighted by molar-refractivity contribution is -0.129. The second kappa shape index (κ2) is 9.01. The molecule has 1 amide bonds. The van der Waals surface area contributed by atoms with Gasteiger partial charge in [-0.1, -0.05) is 11.8 Å². The van der Waals surface area contributed by atoms with E-state index in [2.05, 4.69) is 14.9 Å². The first-order valence-corrected chi connectivity index (χ1v) is 9.25. The quantitative estimate of drug-likeness (QED) is 0.531. The largest absolute Gasteiger partial charge is 0.464 e. The number of rotatable bonds is 8. The molecule has 0 radical (unpaired) electrons. The summed E-state index contributed by atoms with van der Waals surface area (Å²) in [4.78, 5) is 25.4. The van der Waals surface area contributed by atoms with Crippen molar-refractivity contribution in [1.29, 1.82) is 0 Å². The summed E-state index contributed by atoms with van der Waals surface area (Å²) >= 11 is 1.38. The van der Waals surface area contributed by atoms with E-state index in [0.29, 0.717) is 24.0 Å². The summed E-state index contributed by atoms with van der Waals surface area (Å²) in [5.74, 6) is 2.03. The molecule has 0 saturated carbocycles. The van der Waals surface area contributed by atoms with Crippen molar-refractivity contribution in [3.05, 3.63) is 41.1 Å². The van der Waals surface area contributed by atoms with Crippen molar-refractivity contribution in [2.45, 2.75) is 32.5 Å². The summed E-state index contributed by atoms with van der Waals surface area (Å²) in [5, 5.41) is 0.646. The van der Waals surface area contributed by atoms with Crippen LogP contribution in [0.2, 0.25) is 0 Å². The van der Waals surface area contributed by atoms with Gasteiger partial charge < -0.3 is 14.2 Å². The van der Waals surface area contributed by atoms with E-state index in [1.54, 1.807) is 0 Å². The third kappa shape index (κ3) is 6.51. The van der Waals surface area contributed by atoms with Crippen LogP contribution in [-0.2, 0) is 11.3 Å². The maximum atomic E-state index is 12.7. The lowest BCUT2D eigenvalue weighted by atomic mass is 10.3. The molecule has 0 bridgehead atoms. The minimum Gasteiger partial charge on any atom is -0.464 e. The van der Waals surface area contributed by atoms with Crippen molar-refractivity contribution in [2.24, 2.45) is 0 Å². The average Bonchev–Trinajstić information content (AvgIpc) is 2.93. The van der Waals surface area contributed by atoms with Crippen LogP contribution in [0.1, 0.15) is 22.9 Å². The van der Waals surface area contributed by atoms with Crippen LogP contribution in [0.4, 0.5) is 0 Å². The number of likely N-dealkylation sites (N-methyl/N-ethyl adjacent to an activating group) is 1. The van der Waals surface area contributed by atoms with Crippen molar-refractivity contribution in [3.63, 3.8) is 0 Å². The Bertz CT molecular complexity index is 695. The van der Waals surface area contributed by atoms with Gasteiger partial charge >= 0.3 is 0 Å². The number of thioether (sulfide) groups is 1. The zero-order chi connectivity index (χ0) is 18.4. The second-order valence-corrected chi connectivity index (χ2v) is 7.30. The standard InChI is InChI=1S/C18H26N4O2S/c1-13-10-14(2)20-18(19-13)25-12-17(23)22(9-8-21(4)5)11-16-7-6-15(3)24-16/h6-7,10H,8-9,11-12H2,1-5H3. The molecule has 0 N–H and O–H groups in total. The Balaban J connectivity index is 2.00. The molecule has 0 aliphatic heterocycles. The molecule has 0 atom stereocenters. The number of aryl methyl sites for hydroxylation is 3. The third-order valence-corrected chi connectivity index (χ3v) is 4.43. The molecule has 2 rings (SSSR count). The van der Waals surface area contributed by atoms with Gasteiger partial charge in [-0.2, -0.15) is 0 Å². The summed E-state index contributed by atoms with van der Waals surface area (Å²) in [6, 6.07) is 5.77. The molecule has 0 aliphatic rings. The predicted molar refractivity (Wildman–Crippen MR) is 99.6 cm³/mol. The maximum Gasteiger partial charge on any atom is 0.233 e. The molecule has 6 nitrogen and oxygen atoms in total. The Kier molecular flexibility index (Phi) is 7.01. The van der Waals surface area contributed by atoms with Crippen LogP contribution in [0, 0.1) is 20.8 Å². The second-order valence-electron chi connectivity index (χ2n) is 6.35. The van der Waals surface area contributed by atoms with E-state index >= 15 is 0 Å². The van der Waals surface area contributed by atoms with E-state index in [-0.39, 0.29) is 5.91 Å². The fourth-order valence-corrected chi connectivity index (χ4v) is 3.20. The summed E-state index contributed by atoms with van der Waals surface area (Å²) in [5.41, 5.74) is 1.83. The van der Waals surface area contributed by atoms with Crippen molar-refractivity contribution in [1.82, 2.24) is 19.8 Å². The molecular weight excluding hydrogens is 336 g/mol. The van der Waals surface area contributed by atoms with Gasteiger partial charge in [0, 0.05) is 24.5 Å². The third-order valence-electron chi connectivity index (χ3n) is 3.60. The molecule has 2 aromatic rings. The summed E-state index contributed by atoms with van der Waals surface area (Å²) < 4.78 is 5.63. The molecule has 0 aliphatic carbocycles. The molecule has 136 valence electrons. The fourth-order valence-electron chi connectivity index (χ4n) is 2.35. The Morgan fingerprint density at radius 2 is 1.80 bits per heavy atom. The summed E-state index contributed by atoms with van der Waals surface area (Å²) in [6.07, 6.45) is 0. The molecule has 0 spiro atoms. The number of hydrogen-bond acceptors (Lipinski definition) is 6. The smallest absolute Gasteiger partial charge is 0.233 e. The first kappa shape index (κ1) is 19.5. The highest BCUT2D eigenvalue weighted by atomic mass is 32.2. The minimum absolute atomic E-state index is 0.0589. The number of amides is 1. The molecule has 0 aromatic carbocycles. The normalized spacial score (nSPS) is 11.1. The van der Waals surface area contributed by atoms with E-state index in [0.717, 1.165) is 29.5 Å². The lowest BCUT2D eigenvalue weighted by Gasteiger charge is -2.23. The topological polar surface area (TPSA) is 62.5 Å². The predicted octanol–water partition coefficient (Wildman–Crippen LogP) is 2.68. The van der Waals surface area contributed by atoms with Crippen LogP contribution in [-0.4, -0.2) is 58.6 Å². The number of carbonyl (C=O) groups excluding carboxylic acids is 1. The van der Waals surface area contributed by atoms with E-state index in [9.17, 15) is 4.79 Å². The van der Waals surface area contributed by atoms with Gasteiger partial charge in [0.05, 0.1) is 12.3 Å². The van der Waals surface area contributed by atoms with Gasteiger partial charge in [-0.05, 0) is 53.1 Å². The number of hydrogen-bond donors (Lipinski definition) is 0. The zero-order valence-electron chi connectivity index (χ0n) is 15.6. The van der Waals surface area contributed by atoms with E-state index in [1.165, 1.54) is 11.8 Å². The molecule has 2 aromatic heterocycles. The highest BCUT2D eigenvalue weighted by Crippen LogP contribution is 2.16. The SMILES string of the molecule is Cc1cc(C)nc(SCC(=O)N(CCN(C)C)Cc2ccc(C)o2)n1. The number of furan rings is 1. The van der Waals surface area contributed by atoms with Gasteiger partial charge in [0.1, 0.15) is 11.5 Å². The van der Waals surface area contributed by atoms with Crippen LogP contribution in [0.3, 0.4) is 0 Å². The van der Waals surface area contributed by atoms with Crippen LogP contribution < -0.4 is 0 Å². The fraction of sp³-hybridized carbons (Fsp3) is 0.500. The molecule has 0 fully saturated rings. The Morgan fingerprint density at radius 3 is 2.36 bits per heavy atom. The van der Waals surface area contributed by atoms with E-state index in [1.807, 2.05) is 58.0 Å². The molecule has 2 heterocycles. The van der Waals surface area contributed by atoms with Crippen molar-refractivity contribution < 1.29 is 9.21 Å². The van der Waals surface area contributed by atoms with Crippen molar-refractivity contribution >= 4 is 17.7 Å². The highest BCUT2D eigenvalue weighted by molar-refractivity contribution is 7.99. The van der Waals surface area contributed by atoms with Crippen molar-refractivity contribution in [2.75, 3.05) is 32.9 Å². The lowest BCUT2D eigenvalue weighted by Crippen LogP contribution is -2.37. The minimum atomic E-state index is 0.0589. The number of aromatic nitrogens is 2. The molecular formula is C18H26N4O2S. The molecule has 7 heteroatoms. The first-order valence-electron chi connectivity index (χ1n) is 8.26. The average molecular weight is 362 g/mol. The maximum absolute atomic E-state index is 12.7. The van der Waals surface area contributed by atoms with Crippen LogP contribution in [0.15, 0.2) is 27.8 Å². The first-order chi connectivity index (χ1) is 11.8. The van der Waals surface area contributed by atoms with Crippen LogP contribution in [0.5, 0.6) is 0 Å². The van der Waals surface area contributed by atoms with E-state index in [4.69, 9.17) is 4.42 Å². The van der Waals surface area contributed by atoms with Crippen molar-refractivity contribution in [3.8, 4) is 0 Å². The zero-order valence-corrected chi connectivity index (χ0v) is 16.4.